The van der Waals surface area contributed by atoms with E-state index in [2.05, 4.69) is 16.0 Å². The van der Waals surface area contributed by atoms with E-state index in [4.69, 9.17) is 0 Å². The number of urea groups is 1. The molecule has 3 N–H and O–H groups in total. The number of piperidine rings is 1. The summed E-state index contributed by atoms with van der Waals surface area (Å²) in [6.45, 7) is 2.07. The fourth-order valence-electron chi connectivity index (χ4n) is 3.26. The lowest BCUT2D eigenvalue weighted by atomic mass is 10.0. The van der Waals surface area contributed by atoms with Crippen molar-refractivity contribution in [1.82, 2.24) is 20.9 Å². The Balaban J connectivity index is 1.31. The molecule has 1 aliphatic rings. The number of rotatable bonds is 7. The normalized spacial score (nSPS) is 14.9. The summed E-state index contributed by atoms with van der Waals surface area (Å²) < 4.78 is 0. The summed E-state index contributed by atoms with van der Waals surface area (Å²) in [6, 6.07) is 12.8. The molecule has 0 radical (unpaired) electrons. The van der Waals surface area contributed by atoms with Crippen LogP contribution in [-0.4, -0.2) is 55.0 Å². The molecule has 2 heterocycles. The number of nitrogens with zero attached hydrogens (tertiary/aromatic N) is 1. The SMILES string of the molecule is O=C(CN1CCC(NC(=O)c2ccccc2)CC1)NC(=O)NCCc1cccs1. The number of thiophene rings is 1. The zero-order valence-electron chi connectivity index (χ0n) is 16.2. The fourth-order valence-corrected chi connectivity index (χ4v) is 3.97. The van der Waals surface area contributed by atoms with Crippen LogP contribution in [0.1, 0.15) is 28.1 Å². The molecule has 0 saturated carbocycles. The van der Waals surface area contributed by atoms with E-state index in [0.29, 0.717) is 25.2 Å². The first-order chi connectivity index (χ1) is 14.1. The second-order valence-electron chi connectivity index (χ2n) is 7.02. The lowest BCUT2D eigenvalue weighted by Crippen LogP contribution is -2.49. The predicted molar refractivity (Wildman–Crippen MR) is 113 cm³/mol. The number of imide groups is 1. The van der Waals surface area contributed by atoms with Gasteiger partial charge in [0.2, 0.25) is 5.91 Å². The van der Waals surface area contributed by atoms with Crippen molar-refractivity contribution in [2.24, 2.45) is 0 Å². The molecule has 3 rings (SSSR count). The molecule has 0 bridgehead atoms. The van der Waals surface area contributed by atoms with Gasteiger partial charge in [-0.25, -0.2) is 4.79 Å². The molecule has 29 heavy (non-hydrogen) atoms. The van der Waals surface area contributed by atoms with Crippen LogP contribution < -0.4 is 16.0 Å². The molecule has 7 nitrogen and oxygen atoms in total. The van der Waals surface area contributed by atoms with Gasteiger partial charge in [0.05, 0.1) is 6.54 Å². The minimum Gasteiger partial charge on any atom is -0.349 e. The lowest BCUT2D eigenvalue weighted by Gasteiger charge is -2.31. The average molecular weight is 415 g/mol. The van der Waals surface area contributed by atoms with Crippen molar-refractivity contribution in [3.63, 3.8) is 0 Å². The standard InChI is InChI=1S/C21H26N4O3S/c26-19(24-21(28)22-11-8-18-7-4-14-29-18)15-25-12-9-17(10-13-25)23-20(27)16-5-2-1-3-6-16/h1-7,14,17H,8-13,15H2,(H,23,27)(H2,22,24,26,28). The van der Waals surface area contributed by atoms with Crippen LogP contribution in [0.25, 0.3) is 0 Å². The Morgan fingerprint density at radius 1 is 1.03 bits per heavy atom. The predicted octanol–water partition coefficient (Wildman–Crippen LogP) is 2.01. The number of amides is 4. The second-order valence-corrected chi connectivity index (χ2v) is 8.06. The van der Waals surface area contributed by atoms with Gasteiger partial charge in [0, 0.05) is 36.1 Å². The van der Waals surface area contributed by atoms with Gasteiger partial charge in [0.15, 0.2) is 0 Å². The summed E-state index contributed by atoms with van der Waals surface area (Å²) in [4.78, 5) is 39.3. The van der Waals surface area contributed by atoms with Gasteiger partial charge in [-0.05, 0) is 42.8 Å². The highest BCUT2D eigenvalue weighted by Crippen LogP contribution is 2.11. The molecule has 0 spiro atoms. The highest BCUT2D eigenvalue weighted by molar-refractivity contribution is 7.09. The van der Waals surface area contributed by atoms with Crippen LogP contribution in [0.15, 0.2) is 47.8 Å². The molecule has 1 fully saturated rings. The van der Waals surface area contributed by atoms with Gasteiger partial charge in [-0.1, -0.05) is 24.3 Å². The van der Waals surface area contributed by atoms with E-state index in [1.54, 1.807) is 23.5 Å². The van der Waals surface area contributed by atoms with Crippen molar-refractivity contribution in [2.45, 2.75) is 25.3 Å². The molecule has 4 amide bonds. The van der Waals surface area contributed by atoms with E-state index in [9.17, 15) is 14.4 Å². The molecule has 8 heteroatoms. The number of likely N-dealkylation sites (tertiary alicyclic amines) is 1. The maximum absolute atomic E-state index is 12.2. The summed E-state index contributed by atoms with van der Waals surface area (Å²) in [6.07, 6.45) is 2.30. The summed E-state index contributed by atoms with van der Waals surface area (Å²) in [5.41, 5.74) is 0.652. The van der Waals surface area contributed by atoms with E-state index >= 15 is 0 Å². The van der Waals surface area contributed by atoms with Gasteiger partial charge in [-0.2, -0.15) is 0 Å². The van der Waals surface area contributed by atoms with Crippen molar-refractivity contribution < 1.29 is 14.4 Å². The minimum absolute atomic E-state index is 0.0685. The van der Waals surface area contributed by atoms with E-state index < -0.39 is 6.03 Å². The monoisotopic (exact) mass is 414 g/mol. The summed E-state index contributed by atoms with van der Waals surface area (Å²) in [5, 5.41) is 10.1. The van der Waals surface area contributed by atoms with Gasteiger partial charge < -0.3 is 10.6 Å². The van der Waals surface area contributed by atoms with Gasteiger partial charge in [-0.15, -0.1) is 11.3 Å². The average Bonchev–Trinajstić information content (AvgIpc) is 3.23. The van der Waals surface area contributed by atoms with Gasteiger partial charge in [0.1, 0.15) is 0 Å². The van der Waals surface area contributed by atoms with Crippen LogP contribution >= 0.6 is 11.3 Å². The Labute approximate surface area is 174 Å². The molecular weight excluding hydrogens is 388 g/mol. The summed E-state index contributed by atoms with van der Waals surface area (Å²) in [5.74, 6) is -0.383. The molecule has 1 aromatic carbocycles. The third kappa shape index (κ3) is 6.99. The number of hydrogen-bond donors (Lipinski definition) is 3. The van der Waals surface area contributed by atoms with E-state index in [0.717, 1.165) is 19.3 Å². The van der Waals surface area contributed by atoms with Crippen molar-refractivity contribution in [2.75, 3.05) is 26.2 Å². The Morgan fingerprint density at radius 3 is 2.48 bits per heavy atom. The quantitative estimate of drug-likeness (QED) is 0.646. The van der Waals surface area contributed by atoms with Crippen LogP contribution in [0.4, 0.5) is 4.79 Å². The van der Waals surface area contributed by atoms with Crippen LogP contribution in [0.5, 0.6) is 0 Å². The smallest absolute Gasteiger partial charge is 0.321 e. The minimum atomic E-state index is -0.462. The molecule has 1 aliphatic heterocycles. The first-order valence-corrected chi connectivity index (χ1v) is 10.7. The molecule has 0 atom stereocenters. The molecule has 1 aromatic heterocycles. The molecule has 0 aliphatic carbocycles. The maximum Gasteiger partial charge on any atom is 0.321 e. The summed E-state index contributed by atoms with van der Waals surface area (Å²) in [7, 11) is 0. The lowest BCUT2D eigenvalue weighted by molar-refractivity contribution is -0.121. The molecule has 2 aromatic rings. The second kappa shape index (κ2) is 10.7. The number of hydrogen-bond acceptors (Lipinski definition) is 5. The zero-order valence-corrected chi connectivity index (χ0v) is 17.0. The molecule has 0 unspecified atom stereocenters. The number of benzene rings is 1. The largest absolute Gasteiger partial charge is 0.349 e. The van der Waals surface area contributed by atoms with Crippen molar-refractivity contribution in [1.29, 1.82) is 0 Å². The number of carbonyl (C=O) groups is 3. The fraction of sp³-hybridized carbons (Fsp3) is 0.381. The van der Waals surface area contributed by atoms with Crippen molar-refractivity contribution in [3.05, 3.63) is 58.3 Å². The Bertz CT molecular complexity index is 803. The third-order valence-electron chi connectivity index (χ3n) is 4.82. The Kier molecular flexibility index (Phi) is 7.77. The van der Waals surface area contributed by atoms with Gasteiger partial charge >= 0.3 is 6.03 Å². The summed E-state index contributed by atoms with van der Waals surface area (Å²) >= 11 is 1.64. The zero-order chi connectivity index (χ0) is 20.5. The number of nitrogens with one attached hydrogen (secondary N) is 3. The van der Waals surface area contributed by atoms with Gasteiger partial charge in [-0.3, -0.25) is 19.8 Å². The third-order valence-corrected chi connectivity index (χ3v) is 5.75. The molecule has 154 valence electrons. The highest BCUT2D eigenvalue weighted by Gasteiger charge is 2.23. The van der Waals surface area contributed by atoms with E-state index in [1.165, 1.54) is 4.88 Å². The molecule has 1 saturated heterocycles. The van der Waals surface area contributed by atoms with Crippen LogP contribution in [0.3, 0.4) is 0 Å². The topological polar surface area (TPSA) is 90.5 Å². The Morgan fingerprint density at radius 2 is 1.79 bits per heavy atom. The molecular formula is C21H26N4O3S. The van der Waals surface area contributed by atoms with E-state index in [-0.39, 0.29) is 24.4 Å². The van der Waals surface area contributed by atoms with E-state index in [1.807, 2.05) is 40.6 Å². The van der Waals surface area contributed by atoms with Crippen molar-refractivity contribution in [3.8, 4) is 0 Å². The Hall–Kier alpha value is -2.71. The first kappa shape index (κ1) is 21.0. The maximum atomic E-state index is 12.2. The van der Waals surface area contributed by atoms with Crippen LogP contribution in [-0.2, 0) is 11.2 Å². The van der Waals surface area contributed by atoms with Crippen molar-refractivity contribution >= 4 is 29.2 Å². The van der Waals surface area contributed by atoms with Crippen LogP contribution in [0, 0.1) is 0 Å². The van der Waals surface area contributed by atoms with Crippen LogP contribution in [0.2, 0.25) is 0 Å². The number of carbonyl (C=O) groups excluding carboxylic acids is 3. The highest BCUT2D eigenvalue weighted by atomic mass is 32.1. The first-order valence-electron chi connectivity index (χ1n) is 9.78. The van der Waals surface area contributed by atoms with Gasteiger partial charge in [0.25, 0.3) is 5.91 Å².